The average molecular weight is 296 g/mol. The van der Waals surface area contributed by atoms with Crippen LogP contribution < -0.4 is 0 Å². The minimum atomic E-state index is -0.824. The summed E-state index contributed by atoms with van der Waals surface area (Å²) in [7, 11) is 0. The fourth-order valence-corrected chi connectivity index (χ4v) is 2.61. The van der Waals surface area contributed by atoms with Crippen LogP contribution in [0, 0.1) is 0 Å². The van der Waals surface area contributed by atoms with Crippen LogP contribution in [0.25, 0.3) is 10.9 Å². The van der Waals surface area contributed by atoms with Gasteiger partial charge in [0.15, 0.2) is 0 Å². The Morgan fingerprint density at radius 1 is 1.24 bits per heavy atom. The lowest BCUT2D eigenvalue weighted by Gasteiger charge is -2.23. The molecule has 1 aromatic heterocycles. The van der Waals surface area contributed by atoms with Gasteiger partial charge < -0.3 is 9.67 Å². The molecule has 92 valence electrons. The van der Waals surface area contributed by atoms with E-state index in [2.05, 4.69) is 52.5 Å². The lowest BCUT2D eigenvalue weighted by atomic mass is 10.1. The van der Waals surface area contributed by atoms with Gasteiger partial charge >= 0.3 is 0 Å². The molecule has 2 aromatic rings. The first-order valence-corrected chi connectivity index (χ1v) is 6.63. The highest BCUT2D eigenvalue weighted by Crippen LogP contribution is 2.32. The monoisotopic (exact) mass is 295 g/mol. The van der Waals surface area contributed by atoms with Gasteiger partial charge in [-0.3, -0.25) is 0 Å². The Morgan fingerprint density at radius 3 is 2.41 bits per heavy atom. The van der Waals surface area contributed by atoms with Crippen LogP contribution in [0.3, 0.4) is 0 Å². The molecule has 0 amide bonds. The van der Waals surface area contributed by atoms with E-state index in [1.165, 1.54) is 5.52 Å². The Kier molecular flexibility index (Phi) is 3.08. The van der Waals surface area contributed by atoms with Gasteiger partial charge in [0.1, 0.15) is 0 Å². The Balaban J connectivity index is 2.80. The topological polar surface area (TPSA) is 25.2 Å². The van der Waals surface area contributed by atoms with Gasteiger partial charge in [-0.05, 0) is 52.0 Å². The number of rotatable bonds is 2. The fraction of sp³-hybridized carbons (Fsp3) is 0.429. The maximum absolute atomic E-state index is 10.3. The average Bonchev–Trinajstić information content (AvgIpc) is 2.55. The van der Waals surface area contributed by atoms with Gasteiger partial charge in [0.2, 0.25) is 0 Å². The smallest absolute Gasteiger partial charge is 0.0989 e. The number of aliphatic hydroxyl groups is 1. The number of fused-ring (bicyclic) bond motifs is 1. The first-order valence-electron chi connectivity index (χ1n) is 5.84. The number of halogens is 1. The van der Waals surface area contributed by atoms with Crippen molar-refractivity contribution in [1.82, 2.24) is 4.57 Å². The zero-order valence-electron chi connectivity index (χ0n) is 10.7. The normalized spacial score (nSPS) is 12.6. The summed E-state index contributed by atoms with van der Waals surface area (Å²) in [5, 5.41) is 11.4. The molecule has 0 aliphatic carbocycles. The summed E-state index contributed by atoms with van der Waals surface area (Å²) in [6.45, 7) is 7.93. The van der Waals surface area contributed by atoms with Gasteiger partial charge in [0.05, 0.1) is 11.3 Å². The molecule has 0 saturated heterocycles. The summed E-state index contributed by atoms with van der Waals surface area (Å²) in [6.07, 6.45) is 0. The van der Waals surface area contributed by atoms with Gasteiger partial charge in [-0.25, -0.2) is 0 Å². The van der Waals surface area contributed by atoms with Crippen molar-refractivity contribution in [3.63, 3.8) is 0 Å². The van der Waals surface area contributed by atoms with Crippen LogP contribution in [0.4, 0.5) is 0 Å². The second-order valence-electron chi connectivity index (χ2n) is 5.26. The number of hydrogen-bond donors (Lipinski definition) is 1. The van der Waals surface area contributed by atoms with Crippen LogP contribution in [0.2, 0.25) is 0 Å². The number of hydrogen-bond acceptors (Lipinski definition) is 1. The third kappa shape index (κ3) is 2.26. The molecular weight excluding hydrogens is 278 g/mol. The van der Waals surface area contributed by atoms with E-state index in [0.29, 0.717) is 6.04 Å². The van der Waals surface area contributed by atoms with E-state index in [4.69, 9.17) is 0 Å². The molecule has 0 fully saturated rings. The molecule has 0 saturated carbocycles. The molecule has 0 aliphatic rings. The van der Waals surface area contributed by atoms with Crippen molar-refractivity contribution in [1.29, 1.82) is 0 Å². The Hall–Kier alpha value is -0.800. The molecule has 1 N–H and O–H groups in total. The predicted octanol–water partition coefficient (Wildman–Crippen LogP) is 4.21. The van der Waals surface area contributed by atoms with Crippen LogP contribution >= 0.6 is 15.9 Å². The molecule has 0 bridgehead atoms. The fourth-order valence-electron chi connectivity index (χ4n) is 2.23. The molecule has 0 aliphatic heterocycles. The summed E-state index contributed by atoms with van der Waals surface area (Å²) in [6, 6.07) is 8.61. The van der Waals surface area contributed by atoms with E-state index >= 15 is 0 Å². The van der Waals surface area contributed by atoms with Crippen molar-refractivity contribution in [2.45, 2.75) is 39.3 Å². The minimum absolute atomic E-state index is 0.329. The molecule has 2 rings (SSSR count). The summed E-state index contributed by atoms with van der Waals surface area (Å²) >= 11 is 3.48. The van der Waals surface area contributed by atoms with Crippen molar-refractivity contribution in [3.05, 3.63) is 34.4 Å². The summed E-state index contributed by atoms with van der Waals surface area (Å²) in [5.41, 5.74) is 1.30. The van der Waals surface area contributed by atoms with Crippen LogP contribution in [-0.4, -0.2) is 9.67 Å². The van der Waals surface area contributed by atoms with E-state index in [9.17, 15) is 5.11 Å². The van der Waals surface area contributed by atoms with Gasteiger partial charge in [-0.2, -0.15) is 0 Å². The maximum atomic E-state index is 10.3. The number of nitrogens with zero attached hydrogens (tertiary/aromatic N) is 1. The molecule has 17 heavy (non-hydrogen) atoms. The highest BCUT2D eigenvalue weighted by molar-refractivity contribution is 9.10. The summed E-state index contributed by atoms with van der Waals surface area (Å²) in [5.74, 6) is 0. The van der Waals surface area contributed by atoms with Gasteiger partial charge in [0.25, 0.3) is 0 Å². The first kappa shape index (κ1) is 12.7. The second kappa shape index (κ2) is 4.14. The van der Waals surface area contributed by atoms with E-state index in [1.807, 2.05) is 19.9 Å². The Bertz CT molecular complexity index is 549. The zero-order valence-corrected chi connectivity index (χ0v) is 12.2. The zero-order chi connectivity index (χ0) is 12.8. The molecule has 0 radical (unpaired) electrons. The van der Waals surface area contributed by atoms with E-state index < -0.39 is 5.60 Å². The molecule has 0 spiro atoms. The molecular formula is C14H18BrNO. The molecule has 2 nitrogen and oxygen atoms in total. The van der Waals surface area contributed by atoms with E-state index in [-0.39, 0.29) is 0 Å². The lowest BCUT2D eigenvalue weighted by molar-refractivity contribution is 0.0691. The first-order chi connectivity index (χ1) is 7.80. The molecule has 1 heterocycles. The quantitative estimate of drug-likeness (QED) is 0.882. The third-order valence-corrected chi connectivity index (χ3v) is 3.44. The van der Waals surface area contributed by atoms with Gasteiger partial charge in [-0.15, -0.1) is 0 Å². The third-order valence-electron chi connectivity index (χ3n) is 2.94. The lowest BCUT2D eigenvalue weighted by Crippen LogP contribution is -2.21. The molecule has 1 aromatic carbocycles. The predicted molar refractivity (Wildman–Crippen MR) is 75.3 cm³/mol. The van der Waals surface area contributed by atoms with Crippen LogP contribution in [0.1, 0.15) is 39.4 Å². The van der Waals surface area contributed by atoms with Crippen LogP contribution in [0.15, 0.2) is 28.7 Å². The van der Waals surface area contributed by atoms with E-state index in [0.717, 1.165) is 15.6 Å². The summed E-state index contributed by atoms with van der Waals surface area (Å²) in [4.78, 5) is 0. The largest absolute Gasteiger partial charge is 0.384 e. The Morgan fingerprint density at radius 2 is 1.88 bits per heavy atom. The van der Waals surface area contributed by atoms with Crippen molar-refractivity contribution in [2.24, 2.45) is 0 Å². The van der Waals surface area contributed by atoms with E-state index in [1.54, 1.807) is 0 Å². The SMILES string of the molecule is CC(C)n1c(C(C)(C)O)cc2cc(Br)ccc21. The Labute approximate surface area is 110 Å². The highest BCUT2D eigenvalue weighted by atomic mass is 79.9. The van der Waals surface area contributed by atoms with Crippen molar-refractivity contribution in [3.8, 4) is 0 Å². The van der Waals surface area contributed by atoms with Gasteiger partial charge in [0, 0.05) is 21.4 Å². The minimum Gasteiger partial charge on any atom is -0.384 e. The van der Waals surface area contributed by atoms with Crippen molar-refractivity contribution < 1.29 is 5.11 Å². The highest BCUT2D eigenvalue weighted by Gasteiger charge is 2.23. The maximum Gasteiger partial charge on any atom is 0.0989 e. The van der Waals surface area contributed by atoms with Crippen molar-refractivity contribution in [2.75, 3.05) is 0 Å². The van der Waals surface area contributed by atoms with Gasteiger partial charge in [-0.1, -0.05) is 15.9 Å². The standard InChI is InChI=1S/C14H18BrNO/c1-9(2)16-12-6-5-11(15)7-10(12)8-13(16)14(3,4)17/h5-9,17H,1-4H3. The van der Waals surface area contributed by atoms with Crippen LogP contribution in [0.5, 0.6) is 0 Å². The van der Waals surface area contributed by atoms with Crippen LogP contribution in [-0.2, 0) is 5.60 Å². The summed E-state index contributed by atoms with van der Waals surface area (Å²) < 4.78 is 3.26. The number of benzene rings is 1. The molecule has 0 unspecified atom stereocenters. The van der Waals surface area contributed by atoms with Crippen molar-refractivity contribution >= 4 is 26.8 Å². The second-order valence-corrected chi connectivity index (χ2v) is 6.17. The number of aromatic nitrogens is 1. The molecule has 3 heteroatoms. The molecule has 0 atom stereocenters.